The fraction of sp³-hybridized carbons (Fsp3) is 0.364. The predicted molar refractivity (Wildman–Crippen MR) is 56.8 cm³/mol. The molecule has 1 atom stereocenters. The molecule has 1 aromatic carbocycles. The van der Waals surface area contributed by atoms with Crippen LogP contribution in [-0.4, -0.2) is 17.7 Å². The van der Waals surface area contributed by atoms with E-state index in [1.165, 1.54) is 0 Å². The van der Waals surface area contributed by atoms with E-state index in [0.29, 0.717) is 5.75 Å². The number of hydrogen-bond donors (Lipinski definition) is 2. The first-order valence-electron chi connectivity index (χ1n) is 4.79. The molecule has 1 aromatic rings. The molecule has 0 unspecified atom stereocenters. The first-order chi connectivity index (χ1) is 7.09. The maximum atomic E-state index is 10.2. The third kappa shape index (κ3) is 3.99. The van der Waals surface area contributed by atoms with E-state index in [1.807, 2.05) is 19.1 Å². The van der Waals surface area contributed by atoms with Crippen molar-refractivity contribution < 1.29 is 14.6 Å². The number of rotatable bonds is 5. The summed E-state index contributed by atoms with van der Waals surface area (Å²) in [4.78, 5) is 10.2. The molecule has 3 N–H and O–H groups in total. The minimum absolute atomic E-state index is 0.00179. The van der Waals surface area contributed by atoms with Gasteiger partial charge in [0, 0.05) is 6.04 Å². The van der Waals surface area contributed by atoms with Crippen LogP contribution in [0.25, 0.3) is 0 Å². The largest absolute Gasteiger partial charge is 0.493 e. The molecule has 0 saturated carbocycles. The van der Waals surface area contributed by atoms with Crippen molar-refractivity contribution in [2.45, 2.75) is 19.4 Å². The molecule has 0 heterocycles. The lowest BCUT2D eigenvalue weighted by atomic mass is 10.1. The highest BCUT2D eigenvalue weighted by molar-refractivity contribution is 5.66. The van der Waals surface area contributed by atoms with Crippen molar-refractivity contribution in [2.24, 2.45) is 5.73 Å². The zero-order chi connectivity index (χ0) is 11.3. The van der Waals surface area contributed by atoms with Crippen molar-refractivity contribution in [1.29, 1.82) is 0 Å². The molecule has 0 bridgehead atoms. The Kier molecular flexibility index (Phi) is 4.12. The maximum Gasteiger partial charge on any atom is 0.306 e. The van der Waals surface area contributed by atoms with Crippen molar-refractivity contribution in [3.8, 4) is 5.75 Å². The molecule has 4 nitrogen and oxygen atoms in total. The third-order valence-electron chi connectivity index (χ3n) is 1.99. The summed E-state index contributed by atoms with van der Waals surface area (Å²) < 4.78 is 5.23. The quantitative estimate of drug-likeness (QED) is 0.771. The van der Waals surface area contributed by atoms with Crippen LogP contribution in [0.5, 0.6) is 5.75 Å². The molecule has 0 radical (unpaired) electrons. The summed E-state index contributed by atoms with van der Waals surface area (Å²) in [5, 5.41) is 8.41. The maximum absolute atomic E-state index is 10.2. The Morgan fingerprint density at radius 2 is 2.07 bits per heavy atom. The molecule has 0 aliphatic rings. The molecule has 4 heteroatoms. The summed E-state index contributed by atoms with van der Waals surface area (Å²) >= 11 is 0. The van der Waals surface area contributed by atoms with Gasteiger partial charge in [-0.2, -0.15) is 0 Å². The molecular weight excluding hydrogens is 194 g/mol. The van der Waals surface area contributed by atoms with E-state index in [9.17, 15) is 4.79 Å². The summed E-state index contributed by atoms with van der Waals surface area (Å²) in [7, 11) is 0. The normalized spacial score (nSPS) is 12.1. The van der Waals surface area contributed by atoms with Crippen LogP contribution in [0.3, 0.4) is 0 Å². The van der Waals surface area contributed by atoms with Gasteiger partial charge in [-0.3, -0.25) is 4.79 Å². The number of carboxylic acids is 1. The number of nitrogens with two attached hydrogens (primary N) is 1. The van der Waals surface area contributed by atoms with Crippen LogP contribution in [0.2, 0.25) is 0 Å². The summed E-state index contributed by atoms with van der Waals surface area (Å²) in [6, 6.07) is 7.33. The number of carboxylic acid groups (broad SMARTS) is 1. The first kappa shape index (κ1) is 11.5. The second-order valence-corrected chi connectivity index (χ2v) is 3.35. The van der Waals surface area contributed by atoms with E-state index in [2.05, 4.69) is 0 Å². The Morgan fingerprint density at radius 1 is 1.47 bits per heavy atom. The highest BCUT2D eigenvalue weighted by Crippen LogP contribution is 2.15. The number of benzene rings is 1. The van der Waals surface area contributed by atoms with E-state index in [-0.39, 0.29) is 19.1 Å². The first-order valence-corrected chi connectivity index (χ1v) is 4.79. The van der Waals surface area contributed by atoms with E-state index < -0.39 is 5.97 Å². The molecule has 0 aliphatic carbocycles. The Morgan fingerprint density at radius 3 is 2.53 bits per heavy atom. The van der Waals surface area contributed by atoms with Crippen molar-refractivity contribution in [3.63, 3.8) is 0 Å². The number of hydrogen-bond acceptors (Lipinski definition) is 3. The van der Waals surface area contributed by atoms with Gasteiger partial charge in [0.15, 0.2) is 0 Å². The van der Waals surface area contributed by atoms with Gasteiger partial charge < -0.3 is 15.6 Å². The second kappa shape index (κ2) is 5.36. The Balaban J connectivity index is 2.46. The zero-order valence-electron chi connectivity index (χ0n) is 8.64. The van der Waals surface area contributed by atoms with Gasteiger partial charge in [-0.15, -0.1) is 0 Å². The molecule has 82 valence electrons. The number of ether oxygens (including phenoxy) is 1. The Hall–Kier alpha value is -1.55. The lowest BCUT2D eigenvalue weighted by Crippen LogP contribution is -2.06. The fourth-order valence-electron chi connectivity index (χ4n) is 1.12. The average molecular weight is 209 g/mol. The monoisotopic (exact) mass is 209 g/mol. The van der Waals surface area contributed by atoms with Gasteiger partial charge in [-0.1, -0.05) is 12.1 Å². The van der Waals surface area contributed by atoms with Crippen molar-refractivity contribution in [1.82, 2.24) is 0 Å². The minimum Gasteiger partial charge on any atom is -0.493 e. The summed E-state index contributed by atoms with van der Waals surface area (Å²) in [6.45, 7) is 2.09. The summed E-state index contributed by atoms with van der Waals surface area (Å²) in [5.74, 6) is -0.192. The molecule has 0 amide bonds. The van der Waals surface area contributed by atoms with Crippen LogP contribution in [-0.2, 0) is 4.79 Å². The van der Waals surface area contributed by atoms with Crippen LogP contribution < -0.4 is 10.5 Å². The molecular formula is C11H15NO3. The van der Waals surface area contributed by atoms with Crippen LogP contribution in [0, 0.1) is 0 Å². The van der Waals surface area contributed by atoms with Crippen LogP contribution >= 0.6 is 0 Å². The van der Waals surface area contributed by atoms with Crippen LogP contribution in [0.1, 0.15) is 24.9 Å². The van der Waals surface area contributed by atoms with Gasteiger partial charge in [-0.05, 0) is 24.6 Å². The SMILES string of the molecule is C[C@H](N)c1ccc(OCCC(=O)O)cc1. The lowest BCUT2D eigenvalue weighted by molar-refractivity contribution is -0.137. The van der Waals surface area contributed by atoms with Crippen molar-refractivity contribution >= 4 is 5.97 Å². The van der Waals surface area contributed by atoms with Crippen molar-refractivity contribution in [2.75, 3.05) is 6.61 Å². The summed E-state index contributed by atoms with van der Waals surface area (Å²) in [5.41, 5.74) is 6.71. The van der Waals surface area contributed by atoms with Gasteiger partial charge in [0.25, 0.3) is 0 Å². The zero-order valence-corrected chi connectivity index (χ0v) is 8.64. The highest BCUT2D eigenvalue weighted by Gasteiger charge is 2.00. The Labute approximate surface area is 88.7 Å². The van der Waals surface area contributed by atoms with Gasteiger partial charge in [0.2, 0.25) is 0 Å². The topological polar surface area (TPSA) is 72.5 Å². The molecule has 0 fully saturated rings. The second-order valence-electron chi connectivity index (χ2n) is 3.35. The molecule has 15 heavy (non-hydrogen) atoms. The van der Waals surface area contributed by atoms with Gasteiger partial charge in [0.1, 0.15) is 5.75 Å². The smallest absolute Gasteiger partial charge is 0.306 e. The fourth-order valence-corrected chi connectivity index (χ4v) is 1.12. The average Bonchev–Trinajstić information content (AvgIpc) is 2.18. The molecule has 1 rings (SSSR count). The van der Waals surface area contributed by atoms with Crippen LogP contribution in [0.4, 0.5) is 0 Å². The van der Waals surface area contributed by atoms with Crippen molar-refractivity contribution in [3.05, 3.63) is 29.8 Å². The standard InChI is InChI=1S/C11H15NO3/c1-8(12)9-2-4-10(5-3-9)15-7-6-11(13)14/h2-5,8H,6-7,12H2,1H3,(H,13,14)/t8-/m0/s1. The van der Waals surface area contributed by atoms with E-state index in [1.54, 1.807) is 12.1 Å². The Bertz CT molecular complexity index is 319. The van der Waals surface area contributed by atoms with Crippen LogP contribution in [0.15, 0.2) is 24.3 Å². The predicted octanol–water partition coefficient (Wildman–Crippen LogP) is 1.56. The van der Waals surface area contributed by atoms with Gasteiger partial charge in [0.05, 0.1) is 13.0 Å². The van der Waals surface area contributed by atoms with E-state index in [0.717, 1.165) is 5.56 Å². The molecule has 0 aliphatic heterocycles. The highest BCUT2D eigenvalue weighted by atomic mass is 16.5. The van der Waals surface area contributed by atoms with E-state index >= 15 is 0 Å². The number of carbonyl (C=O) groups is 1. The third-order valence-corrected chi connectivity index (χ3v) is 1.99. The number of aliphatic carboxylic acids is 1. The van der Waals surface area contributed by atoms with E-state index in [4.69, 9.17) is 15.6 Å². The summed E-state index contributed by atoms with van der Waals surface area (Å²) in [6.07, 6.45) is 0.00897. The van der Waals surface area contributed by atoms with Gasteiger partial charge >= 0.3 is 5.97 Å². The van der Waals surface area contributed by atoms with Gasteiger partial charge in [-0.25, -0.2) is 0 Å². The minimum atomic E-state index is -0.859. The molecule has 0 aromatic heterocycles. The molecule has 0 saturated heterocycles. The molecule has 0 spiro atoms. The lowest BCUT2D eigenvalue weighted by Gasteiger charge is -2.07.